The van der Waals surface area contributed by atoms with E-state index in [1.54, 1.807) is 6.20 Å². The summed E-state index contributed by atoms with van der Waals surface area (Å²) in [5, 5.41) is 18.3. The Bertz CT molecular complexity index is 1780. The quantitative estimate of drug-likeness (QED) is 0.0981. The first-order valence-electron chi connectivity index (χ1n) is 15.9. The summed E-state index contributed by atoms with van der Waals surface area (Å²) >= 11 is 0. The van der Waals surface area contributed by atoms with Crippen molar-refractivity contribution in [3.63, 3.8) is 0 Å². The minimum Gasteiger partial charge on any atom is -0.490 e. The number of nitrogens with two attached hydrogens (primary N) is 1. The summed E-state index contributed by atoms with van der Waals surface area (Å²) in [5.41, 5.74) is 9.06. The predicted molar refractivity (Wildman–Crippen MR) is 186 cm³/mol. The molecule has 268 valence electrons. The number of carboxylic acid groups (broad SMARTS) is 1. The van der Waals surface area contributed by atoms with Crippen LogP contribution in [-0.4, -0.2) is 46.8 Å². The van der Waals surface area contributed by atoms with Gasteiger partial charge >= 0.3 is 12.1 Å². The van der Waals surface area contributed by atoms with E-state index >= 15 is 0 Å². The van der Waals surface area contributed by atoms with Crippen LogP contribution in [0.4, 0.5) is 30.4 Å². The lowest BCUT2D eigenvalue weighted by Crippen LogP contribution is -2.33. The van der Waals surface area contributed by atoms with Gasteiger partial charge in [-0.25, -0.2) is 9.78 Å². The number of aromatic nitrogens is 1. The number of hydrogen-bond donors (Lipinski definition) is 5. The summed E-state index contributed by atoms with van der Waals surface area (Å²) in [6.07, 6.45) is -3.02. The number of fused-ring (bicyclic) bond motifs is 1. The van der Waals surface area contributed by atoms with Crippen molar-refractivity contribution in [1.29, 1.82) is 0 Å². The SMILES string of the molecule is CCOc1cc(C(Nc2ccc3c(N)nccc3c2)C(=O)NCc2cccc(NC(=O)CC(C)C)c2)ccc1OC(C)C.O=C(O)C(F)(F)F. The van der Waals surface area contributed by atoms with Crippen LogP contribution in [0.15, 0.2) is 72.9 Å². The number of nitrogens with one attached hydrogen (secondary N) is 3. The van der Waals surface area contributed by atoms with Gasteiger partial charge < -0.3 is 36.3 Å². The fourth-order valence-corrected chi connectivity index (χ4v) is 4.71. The molecule has 0 aliphatic carbocycles. The molecule has 0 radical (unpaired) electrons. The van der Waals surface area contributed by atoms with Crippen LogP contribution in [0.1, 0.15) is 58.2 Å². The Kier molecular flexibility index (Phi) is 13.8. The van der Waals surface area contributed by atoms with Gasteiger partial charge in [0.1, 0.15) is 11.9 Å². The van der Waals surface area contributed by atoms with Gasteiger partial charge in [-0.15, -0.1) is 0 Å². The number of carbonyl (C=O) groups excluding carboxylic acids is 2. The van der Waals surface area contributed by atoms with E-state index in [9.17, 15) is 22.8 Å². The molecule has 14 heteroatoms. The fraction of sp³-hybridized carbons (Fsp3) is 0.333. The van der Waals surface area contributed by atoms with E-state index in [2.05, 4.69) is 20.9 Å². The topological polar surface area (TPSA) is 165 Å². The predicted octanol–water partition coefficient (Wildman–Crippen LogP) is 7.09. The monoisotopic (exact) mass is 697 g/mol. The van der Waals surface area contributed by atoms with Gasteiger partial charge in [-0.2, -0.15) is 13.2 Å². The van der Waals surface area contributed by atoms with Gasteiger partial charge in [-0.3, -0.25) is 9.59 Å². The number of amides is 2. The highest BCUT2D eigenvalue weighted by Crippen LogP contribution is 2.33. The van der Waals surface area contributed by atoms with Crippen molar-refractivity contribution in [3.8, 4) is 11.5 Å². The molecule has 0 aliphatic rings. The lowest BCUT2D eigenvalue weighted by atomic mass is 10.0. The molecule has 1 aromatic heterocycles. The van der Waals surface area contributed by atoms with Gasteiger partial charge in [0, 0.05) is 35.9 Å². The molecule has 3 aromatic carbocycles. The second kappa shape index (κ2) is 17.7. The van der Waals surface area contributed by atoms with Gasteiger partial charge in [-0.05, 0) is 91.7 Å². The summed E-state index contributed by atoms with van der Waals surface area (Å²) in [5.74, 6) is -1.14. The molecular weight excluding hydrogens is 655 g/mol. The first-order valence-corrected chi connectivity index (χ1v) is 15.9. The number of carboxylic acids is 1. The first kappa shape index (κ1) is 38.9. The van der Waals surface area contributed by atoms with Crippen molar-refractivity contribution < 1.29 is 42.1 Å². The average molecular weight is 698 g/mol. The molecule has 1 heterocycles. The minimum atomic E-state index is -5.08. The molecular formula is C36H42F3N5O6. The molecule has 11 nitrogen and oxygen atoms in total. The van der Waals surface area contributed by atoms with Gasteiger partial charge in [0.25, 0.3) is 0 Å². The van der Waals surface area contributed by atoms with Gasteiger partial charge in [-0.1, -0.05) is 32.0 Å². The minimum absolute atomic E-state index is 0.0345. The van der Waals surface area contributed by atoms with Crippen LogP contribution in [0, 0.1) is 5.92 Å². The maximum atomic E-state index is 13.8. The molecule has 4 aromatic rings. The van der Waals surface area contributed by atoms with Crippen LogP contribution in [0.5, 0.6) is 11.5 Å². The largest absolute Gasteiger partial charge is 0.490 e. The maximum absolute atomic E-state index is 13.8. The normalized spacial score (nSPS) is 11.7. The number of hydrogen-bond acceptors (Lipinski definition) is 8. The highest BCUT2D eigenvalue weighted by molar-refractivity contribution is 5.94. The second-order valence-corrected chi connectivity index (χ2v) is 11.9. The Morgan fingerprint density at radius 2 is 1.66 bits per heavy atom. The van der Waals surface area contributed by atoms with Gasteiger partial charge in [0.2, 0.25) is 11.8 Å². The molecule has 0 saturated heterocycles. The number of nitrogen functional groups attached to an aromatic ring is 1. The molecule has 0 saturated carbocycles. The van der Waals surface area contributed by atoms with E-state index in [4.69, 9.17) is 25.1 Å². The van der Waals surface area contributed by atoms with E-state index in [1.165, 1.54) is 0 Å². The van der Waals surface area contributed by atoms with E-state index in [0.717, 1.165) is 22.0 Å². The van der Waals surface area contributed by atoms with E-state index < -0.39 is 18.2 Å². The molecule has 2 amide bonds. The van der Waals surface area contributed by atoms with E-state index in [-0.39, 0.29) is 30.4 Å². The average Bonchev–Trinajstić information content (AvgIpc) is 3.03. The Labute approximate surface area is 288 Å². The van der Waals surface area contributed by atoms with Gasteiger partial charge in [0.05, 0.1) is 12.7 Å². The van der Waals surface area contributed by atoms with Crippen molar-refractivity contribution in [2.75, 3.05) is 23.0 Å². The third-order valence-electron chi connectivity index (χ3n) is 6.85. The number of anilines is 3. The number of nitrogens with zero attached hydrogens (tertiary/aromatic N) is 1. The summed E-state index contributed by atoms with van der Waals surface area (Å²) in [4.78, 5) is 39.1. The third-order valence-corrected chi connectivity index (χ3v) is 6.85. The lowest BCUT2D eigenvalue weighted by Gasteiger charge is -2.22. The number of alkyl halides is 3. The molecule has 6 N–H and O–H groups in total. The van der Waals surface area contributed by atoms with Crippen molar-refractivity contribution >= 4 is 45.7 Å². The zero-order chi connectivity index (χ0) is 37.0. The standard InChI is InChI=1S/C34H41N5O4.C2HF3O2/c1-6-42-30-19-25(10-13-29(30)43-22(4)5)32(39-27-11-12-28-24(18-27)14-15-36-33(28)35)34(41)37-20-23-8-7-9-26(17-23)38-31(40)16-21(2)3;3-2(4,5)1(6)7/h7-15,17-19,21-22,32,39H,6,16,20H2,1-5H3,(H2,35,36)(H,37,41)(H,38,40);(H,6,7). The number of pyridine rings is 1. The molecule has 1 unspecified atom stereocenters. The highest BCUT2D eigenvalue weighted by atomic mass is 19.4. The van der Waals surface area contributed by atoms with Crippen molar-refractivity contribution in [3.05, 3.63) is 84.1 Å². The van der Waals surface area contributed by atoms with Crippen LogP contribution in [0.3, 0.4) is 0 Å². The number of benzene rings is 3. The Morgan fingerprint density at radius 3 is 2.30 bits per heavy atom. The molecule has 1 atom stereocenters. The van der Waals surface area contributed by atoms with Crippen LogP contribution in [0.2, 0.25) is 0 Å². The van der Waals surface area contributed by atoms with Crippen LogP contribution < -0.4 is 31.2 Å². The Balaban J connectivity index is 0.000000872. The fourth-order valence-electron chi connectivity index (χ4n) is 4.71. The summed E-state index contributed by atoms with van der Waals surface area (Å²) < 4.78 is 43.6. The number of rotatable bonds is 13. The molecule has 4 rings (SSSR count). The first-order chi connectivity index (χ1) is 23.6. The molecule has 0 spiro atoms. The third kappa shape index (κ3) is 11.9. The second-order valence-electron chi connectivity index (χ2n) is 11.9. The number of ether oxygens (including phenoxy) is 2. The Morgan fingerprint density at radius 1 is 0.940 bits per heavy atom. The zero-order valence-electron chi connectivity index (χ0n) is 28.4. The van der Waals surface area contributed by atoms with Crippen molar-refractivity contribution in [1.82, 2.24) is 10.3 Å². The zero-order valence-corrected chi connectivity index (χ0v) is 28.4. The van der Waals surface area contributed by atoms with Crippen LogP contribution in [0.25, 0.3) is 10.8 Å². The number of aliphatic carboxylic acids is 1. The van der Waals surface area contributed by atoms with Crippen molar-refractivity contribution in [2.24, 2.45) is 5.92 Å². The maximum Gasteiger partial charge on any atom is 0.490 e. The summed E-state index contributed by atoms with van der Waals surface area (Å²) in [7, 11) is 0. The summed E-state index contributed by atoms with van der Waals surface area (Å²) in [6, 6.07) is 19.9. The van der Waals surface area contributed by atoms with Crippen LogP contribution in [-0.2, 0) is 20.9 Å². The molecule has 50 heavy (non-hydrogen) atoms. The molecule has 0 aliphatic heterocycles. The molecule has 0 bridgehead atoms. The lowest BCUT2D eigenvalue weighted by molar-refractivity contribution is -0.192. The van der Waals surface area contributed by atoms with E-state index in [1.807, 2.05) is 101 Å². The van der Waals surface area contributed by atoms with Gasteiger partial charge in [0.15, 0.2) is 11.5 Å². The smallest absolute Gasteiger partial charge is 0.490 e. The molecule has 0 fully saturated rings. The number of carbonyl (C=O) groups is 3. The van der Waals surface area contributed by atoms with Crippen LogP contribution >= 0.6 is 0 Å². The summed E-state index contributed by atoms with van der Waals surface area (Å²) in [6.45, 7) is 10.5. The Hall–Kier alpha value is -5.53. The van der Waals surface area contributed by atoms with Crippen molar-refractivity contribution in [2.45, 2.75) is 65.9 Å². The highest BCUT2D eigenvalue weighted by Gasteiger charge is 2.38. The van der Waals surface area contributed by atoms with E-state index in [0.29, 0.717) is 41.6 Å². The number of halogens is 3.